The van der Waals surface area contributed by atoms with Gasteiger partial charge in [0, 0.05) is 5.33 Å². The molecule has 2 rings (SSSR count). The van der Waals surface area contributed by atoms with Crippen molar-refractivity contribution in [3.63, 3.8) is 0 Å². The van der Waals surface area contributed by atoms with Crippen molar-refractivity contribution in [2.75, 3.05) is 0 Å². The molecule has 3 heteroatoms. The maximum atomic E-state index is 5.69. The molecule has 2 nitrogen and oxygen atoms in total. The number of hydrogen-bond acceptors (Lipinski definition) is 2. The molecule has 18 heavy (non-hydrogen) atoms. The zero-order valence-electron chi connectivity index (χ0n) is 10.4. The summed E-state index contributed by atoms with van der Waals surface area (Å²) < 4.78 is 5.69. The van der Waals surface area contributed by atoms with Gasteiger partial charge in [-0.3, -0.25) is 4.98 Å². The molecule has 0 N–H and O–H groups in total. The van der Waals surface area contributed by atoms with Crippen LogP contribution in [0.15, 0.2) is 42.6 Å². The number of ether oxygens (including phenoxy) is 1. The number of alkyl halides is 1. The molecule has 1 heterocycles. The summed E-state index contributed by atoms with van der Waals surface area (Å²) in [5.74, 6) is 0.805. The van der Waals surface area contributed by atoms with Crippen LogP contribution in [0.3, 0.4) is 0 Å². The first kappa shape index (κ1) is 13.1. The molecule has 0 atom stereocenters. The van der Waals surface area contributed by atoms with Gasteiger partial charge in [-0.25, -0.2) is 0 Å². The molecule has 1 aromatic heterocycles. The molecule has 0 aliphatic carbocycles. The highest BCUT2D eigenvalue weighted by Crippen LogP contribution is 2.13. The summed E-state index contributed by atoms with van der Waals surface area (Å²) in [5.41, 5.74) is 3.54. The molecule has 1 aromatic carbocycles. The topological polar surface area (TPSA) is 22.1 Å². The van der Waals surface area contributed by atoms with E-state index < -0.39 is 0 Å². The molecule has 2 aromatic rings. The molecule has 0 unspecified atom stereocenters. The minimum atomic E-state index is 0.583. The molecule has 0 aliphatic heterocycles. The van der Waals surface area contributed by atoms with Crippen LogP contribution in [0, 0.1) is 0 Å². The Labute approximate surface area is 116 Å². The summed E-state index contributed by atoms with van der Waals surface area (Å²) >= 11 is 3.37. The molecule has 0 saturated heterocycles. The molecule has 0 saturated carbocycles. The Kier molecular flexibility index (Phi) is 4.76. The minimum absolute atomic E-state index is 0.583. The Morgan fingerprint density at radius 3 is 2.33 bits per heavy atom. The van der Waals surface area contributed by atoms with Crippen LogP contribution in [0.4, 0.5) is 0 Å². The fraction of sp³-hybridized carbons (Fsp3) is 0.267. The monoisotopic (exact) mass is 305 g/mol. The predicted octanol–water partition coefficient (Wildman–Crippen LogP) is 4.12. The number of nitrogens with zero attached hydrogens (tertiary/aromatic N) is 1. The number of aromatic nitrogens is 1. The first-order chi connectivity index (χ1) is 8.81. The van der Waals surface area contributed by atoms with Gasteiger partial charge in [-0.1, -0.05) is 47.1 Å². The van der Waals surface area contributed by atoms with E-state index in [9.17, 15) is 0 Å². The second-order valence-electron chi connectivity index (χ2n) is 4.08. The molecule has 0 bridgehead atoms. The van der Waals surface area contributed by atoms with Crippen LogP contribution >= 0.6 is 15.9 Å². The number of rotatable bonds is 5. The highest BCUT2D eigenvalue weighted by molar-refractivity contribution is 9.08. The van der Waals surface area contributed by atoms with Gasteiger partial charge in [0.2, 0.25) is 0 Å². The fourth-order valence-electron chi connectivity index (χ4n) is 1.61. The molecule has 0 radical (unpaired) electrons. The highest BCUT2D eigenvalue weighted by Gasteiger charge is 1.98. The van der Waals surface area contributed by atoms with Crippen LogP contribution in [0.25, 0.3) is 0 Å². The Morgan fingerprint density at radius 1 is 1.06 bits per heavy atom. The smallest absolute Gasteiger partial charge is 0.138 e. The van der Waals surface area contributed by atoms with Crippen molar-refractivity contribution in [3.05, 3.63) is 59.4 Å². The second kappa shape index (κ2) is 6.55. The average molecular weight is 306 g/mol. The zero-order chi connectivity index (χ0) is 12.8. The van der Waals surface area contributed by atoms with Crippen LogP contribution in [-0.2, 0) is 18.4 Å². The van der Waals surface area contributed by atoms with E-state index >= 15 is 0 Å². The molecule has 0 aliphatic rings. The molecule has 0 spiro atoms. The van der Waals surface area contributed by atoms with Gasteiger partial charge in [0.05, 0.1) is 11.9 Å². The Hall–Kier alpha value is -1.35. The summed E-state index contributed by atoms with van der Waals surface area (Å²) in [4.78, 5) is 4.26. The van der Waals surface area contributed by atoms with E-state index in [0.717, 1.165) is 23.2 Å². The molecule has 94 valence electrons. The number of pyridine rings is 1. The normalized spacial score (nSPS) is 10.3. The van der Waals surface area contributed by atoms with Crippen LogP contribution in [0.1, 0.15) is 23.7 Å². The van der Waals surface area contributed by atoms with Crippen molar-refractivity contribution in [3.8, 4) is 5.75 Å². The van der Waals surface area contributed by atoms with Gasteiger partial charge in [0.15, 0.2) is 0 Å². The van der Waals surface area contributed by atoms with Crippen LogP contribution in [-0.4, -0.2) is 4.98 Å². The summed E-state index contributed by atoms with van der Waals surface area (Å²) in [6.07, 6.45) is 2.83. The van der Waals surface area contributed by atoms with Gasteiger partial charge in [0.1, 0.15) is 12.4 Å². The van der Waals surface area contributed by atoms with E-state index in [1.165, 1.54) is 11.1 Å². The van der Waals surface area contributed by atoms with Gasteiger partial charge >= 0.3 is 0 Å². The fourth-order valence-corrected chi connectivity index (χ4v) is 1.94. The van der Waals surface area contributed by atoms with Crippen LogP contribution in [0.5, 0.6) is 5.75 Å². The van der Waals surface area contributed by atoms with E-state index in [0.29, 0.717) is 6.61 Å². The van der Waals surface area contributed by atoms with Gasteiger partial charge < -0.3 is 4.74 Å². The lowest BCUT2D eigenvalue weighted by Gasteiger charge is -2.07. The van der Waals surface area contributed by atoms with Crippen molar-refractivity contribution in [2.45, 2.75) is 25.3 Å². The van der Waals surface area contributed by atoms with Crippen LogP contribution < -0.4 is 4.74 Å². The molecule has 0 fully saturated rings. The van der Waals surface area contributed by atoms with Crippen molar-refractivity contribution in [1.29, 1.82) is 0 Å². The summed E-state index contributed by atoms with van der Waals surface area (Å²) in [5, 5.41) is 0.770. The van der Waals surface area contributed by atoms with Gasteiger partial charge in [0.25, 0.3) is 0 Å². The summed E-state index contributed by atoms with van der Waals surface area (Å²) in [6.45, 7) is 2.74. The van der Waals surface area contributed by atoms with E-state index in [4.69, 9.17) is 4.74 Å². The van der Waals surface area contributed by atoms with E-state index in [1.807, 2.05) is 12.1 Å². The maximum absolute atomic E-state index is 5.69. The number of hydrogen-bond donors (Lipinski definition) is 0. The quantitative estimate of drug-likeness (QED) is 0.775. The molecular formula is C15H16BrNO. The Morgan fingerprint density at radius 2 is 1.78 bits per heavy atom. The molecular weight excluding hydrogens is 290 g/mol. The van der Waals surface area contributed by atoms with E-state index in [-0.39, 0.29) is 0 Å². The van der Waals surface area contributed by atoms with E-state index in [1.54, 1.807) is 6.20 Å². The third-order valence-electron chi connectivity index (χ3n) is 2.77. The van der Waals surface area contributed by atoms with Crippen LogP contribution in [0.2, 0.25) is 0 Å². The SMILES string of the molecule is CCc1ccc(COc2ccc(CBr)nc2)cc1. The third kappa shape index (κ3) is 3.57. The molecule has 0 amide bonds. The largest absolute Gasteiger partial charge is 0.487 e. The summed E-state index contributed by atoms with van der Waals surface area (Å²) in [7, 11) is 0. The first-order valence-corrected chi connectivity index (χ1v) is 7.15. The Balaban J connectivity index is 1.93. The van der Waals surface area contributed by atoms with Gasteiger partial charge in [-0.2, -0.15) is 0 Å². The lowest BCUT2D eigenvalue weighted by molar-refractivity contribution is 0.305. The van der Waals surface area contributed by atoms with Crippen molar-refractivity contribution >= 4 is 15.9 Å². The number of halogens is 1. The number of aryl methyl sites for hydroxylation is 1. The lowest BCUT2D eigenvalue weighted by Crippen LogP contribution is -1.96. The zero-order valence-corrected chi connectivity index (χ0v) is 12.0. The average Bonchev–Trinajstić information content (AvgIpc) is 2.46. The number of benzene rings is 1. The second-order valence-corrected chi connectivity index (χ2v) is 4.64. The van der Waals surface area contributed by atoms with Gasteiger partial charge in [-0.15, -0.1) is 0 Å². The first-order valence-electron chi connectivity index (χ1n) is 6.03. The lowest BCUT2D eigenvalue weighted by atomic mass is 10.1. The van der Waals surface area contributed by atoms with Gasteiger partial charge in [-0.05, 0) is 29.7 Å². The maximum Gasteiger partial charge on any atom is 0.138 e. The van der Waals surface area contributed by atoms with E-state index in [2.05, 4.69) is 52.1 Å². The third-order valence-corrected chi connectivity index (χ3v) is 3.35. The highest BCUT2D eigenvalue weighted by atomic mass is 79.9. The minimum Gasteiger partial charge on any atom is -0.487 e. The predicted molar refractivity (Wildman–Crippen MR) is 77.0 cm³/mol. The van der Waals surface area contributed by atoms with Crippen molar-refractivity contribution < 1.29 is 4.74 Å². The van der Waals surface area contributed by atoms with Crippen molar-refractivity contribution in [1.82, 2.24) is 4.98 Å². The Bertz CT molecular complexity index is 431. The summed E-state index contributed by atoms with van der Waals surface area (Å²) in [6, 6.07) is 12.4. The standard InChI is InChI=1S/C15H16BrNO/c1-2-12-3-5-13(6-4-12)11-18-15-8-7-14(9-16)17-10-15/h3-8,10H,2,9,11H2,1H3. The van der Waals surface area contributed by atoms with Crippen molar-refractivity contribution in [2.24, 2.45) is 0 Å².